The fourth-order valence-corrected chi connectivity index (χ4v) is 1.37. The van der Waals surface area contributed by atoms with E-state index in [0.29, 0.717) is 12.1 Å². The van der Waals surface area contributed by atoms with Gasteiger partial charge in [-0.15, -0.1) is 0 Å². The largest absolute Gasteiger partial charge is 0.224 e. The Bertz CT molecular complexity index is 191. The van der Waals surface area contributed by atoms with E-state index >= 15 is 0 Å². The van der Waals surface area contributed by atoms with E-state index in [2.05, 4.69) is 27.7 Å². The second kappa shape index (κ2) is 5.42. The Morgan fingerprint density at radius 3 is 1.47 bits per heavy atom. The lowest BCUT2D eigenvalue weighted by molar-refractivity contribution is -1.13. The molecule has 0 atom stereocenters. The molecule has 0 aliphatic carbocycles. The summed E-state index contributed by atoms with van der Waals surface area (Å²) in [6, 6.07) is 0.633. The van der Waals surface area contributed by atoms with Gasteiger partial charge in [-0.1, -0.05) is 34.8 Å². The Morgan fingerprint density at radius 2 is 1.27 bits per heavy atom. The summed E-state index contributed by atoms with van der Waals surface area (Å²) in [5, 5.41) is 0.964. The summed E-state index contributed by atoms with van der Waals surface area (Å²) < 4.78 is -1.43. The maximum atomic E-state index is 5.87. The van der Waals surface area contributed by atoms with Crippen molar-refractivity contribution < 1.29 is 9.90 Å². The number of hydrogen-bond acceptors (Lipinski definition) is 1. The highest BCUT2D eigenvalue weighted by Crippen LogP contribution is 2.39. The van der Waals surface area contributed by atoms with E-state index in [-0.39, 0.29) is 0 Å². The van der Waals surface area contributed by atoms with Crippen LogP contribution in [0.15, 0.2) is 0 Å². The molecule has 0 spiro atoms. The Hall–Kier alpha value is 0.790. The van der Waals surface area contributed by atoms with Gasteiger partial charge in [-0.2, -0.15) is 9.90 Å². The van der Waals surface area contributed by atoms with Gasteiger partial charge in [-0.3, -0.25) is 0 Å². The third kappa shape index (κ3) is 4.66. The third-order valence-corrected chi connectivity index (χ3v) is 3.56. The highest BCUT2D eigenvalue weighted by atomic mass is 35.6. The van der Waals surface area contributed by atoms with Crippen LogP contribution in [0.4, 0.5) is 0 Å². The molecule has 5 heteroatoms. The lowest BCUT2D eigenvalue weighted by Crippen LogP contribution is -3.18. The van der Waals surface area contributed by atoms with Gasteiger partial charge in [-0.25, -0.2) is 0 Å². The quantitative estimate of drug-likeness (QED) is 0.616. The van der Waals surface area contributed by atoms with Crippen molar-refractivity contribution in [3.63, 3.8) is 0 Å². The second-order valence-corrected chi connectivity index (χ2v) is 7.10. The molecule has 0 aromatic carbocycles. The molecule has 0 aromatic heterocycles. The number of nitrogens with one attached hydrogen (secondary N) is 1. The molecule has 0 saturated heterocycles. The number of halogens is 3. The molecule has 15 heavy (non-hydrogen) atoms. The summed E-state index contributed by atoms with van der Waals surface area (Å²) in [5.74, 6) is 0. The fraction of sp³-hybridized carbons (Fsp3) is 1.00. The second-order valence-electron chi connectivity index (χ2n) is 4.82. The smallest absolute Gasteiger partial charge is 0.194 e. The number of rotatable bonds is 4. The monoisotopic (exact) mass is 276 g/mol. The molecule has 0 unspecified atom stereocenters. The van der Waals surface area contributed by atoms with Gasteiger partial charge in [0.05, 0.1) is 0 Å². The minimum Gasteiger partial charge on any atom is -0.194 e. The molecule has 0 radical (unpaired) electrons. The fourth-order valence-electron chi connectivity index (χ4n) is 1.25. The minimum atomic E-state index is -1.43. The van der Waals surface area contributed by atoms with E-state index in [0.717, 1.165) is 5.06 Å². The average Bonchev–Trinajstić information content (AvgIpc) is 1.96. The van der Waals surface area contributed by atoms with E-state index in [1.165, 1.54) is 0 Å². The van der Waals surface area contributed by atoms with Gasteiger partial charge < -0.3 is 0 Å². The van der Waals surface area contributed by atoms with E-state index in [1.807, 2.05) is 0 Å². The summed E-state index contributed by atoms with van der Waals surface area (Å²) >= 11 is 17.6. The van der Waals surface area contributed by atoms with Crippen LogP contribution in [0.3, 0.4) is 0 Å². The maximum absolute atomic E-state index is 5.87. The van der Waals surface area contributed by atoms with Gasteiger partial charge in [-0.05, 0) is 41.5 Å². The van der Waals surface area contributed by atoms with Crippen LogP contribution >= 0.6 is 34.8 Å². The molecule has 92 valence electrons. The topological polar surface area (TPSA) is 13.7 Å². The maximum Gasteiger partial charge on any atom is 0.224 e. The van der Waals surface area contributed by atoms with Crippen LogP contribution in [-0.4, -0.2) is 21.5 Å². The van der Waals surface area contributed by atoms with Gasteiger partial charge in [0, 0.05) is 0 Å². The zero-order chi connectivity index (χ0) is 12.4. The molecular weight excluding hydrogens is 256 g/mol. The first kappa shape index (κ1) is 15.8. The predicted molar refractivity (Wildman–Crippen MR) is 66.7 cm³/mol. The molecule has 0 aromatic rings. The van der Waals surface area contributed by atoms with Crippen LogP contribution in [0.1, 0.15) is 41.5 Å². The Labute approximate surface area is 108 Å². The van der Waals surface area contributed by atoms with Crippen molar-refractivity contribution >= 4 is 34.8 Å². The molecular formula is C10H21Cl3NO+. The molecule has 0 rings (SSSR count). The van der Waals surface area contributed by atoms with Gasteiger partial charge in [0.15, 0.2) is 5.60 Å². The molecule has 0 aliphatic rings. The van der Waals surface area contributed by atoms with Gasteiger partial charge in [0.2, 0.25) is 3.79 Å². The molecule has 1 N–H and O–H groups in total. The van der Waals surface area contributed by atoms with E-state index in [1.54, 1.807) is 13.8 Å². The van der Waals surface area contributed by atoms with Gasteiger partial charge >= 0.3 is 0 Å². The standard InChI is InChI=1S/C10H20Cl3NO/c1-7(2)14(8(3)4)15-9(5,6)10(11,12)13/h7-8H,1-6H3/p+1. The van der Waals surface area contributed by atoms with E-state index in [9.17, 15) is 0 Å². The van der Waals surface area contributed by atoms with Crippen LogP contribution < -0.4 is 5.06 Å². The minimum absolute atomic E-state index is 0.316. The molecule has 0 aliphatic heterocycles. The van der Waals surface area contributed by atoms with Crippen molar-refractivity contribution in [2.45, 2.75) is 63.0 Å². The van der Waals surface area contributed by atoms with Crippen LogP contribution in [0.2, 0.25) is 0 Å². The lowest BCUT2D eigenvalue weighted by Gasteiger charge is -2.36. The summed E-state index contributed by atoms with van der Waals surface area (Å²) in [6.45, 7) is 11.9. The van der Waals surface area contributed by atoms with E-state index in [4.69, 9.17) is 39.6 Å². The number of hydroxylamine groups is 2. The highest BCUT2D eigenvalue weighted by Gasteiger charge is 2.46. The molecule has 0 saturated carbocycles. The van der Waals surface area contributed by atoms with Crippen molar-refractivity contribution in [1.82, 2.24) is 0 Å². The van der Waals surface area contributed by atoms with Crippen molar-refractivity contribution in [3.05, 3.63) is 0 Å². The number of alkyl halides is 3. The van der Waals surface area contributed by atoms with Gasteiger partial charge in [0.1, 0.15) is 12.1 Å². The summed E-state index contributed by atoms with van der Waals surface area (Å²) in [5.41, 5.74) is -0.818. The first-order valence-corrected chi connectivity index (χ1v) is 6.25. The first-order valence-electron chi connectivity index (χ1n) is 5.11. The van der Waals surface area contributed by atoms with Gasteiger partial charge in [0.25, 0.3) is 0 Å². The molecule has 0 heterocycles. The van der Waals surface area contributed by atoms with Crippen molar-refractivity contribution in [2.75, 3.05) is 0 Å². The molecule has 0 amide bonds. The predicted octanol–water partition coefficient (Wildman–Crippen LogP) is 2.77. The average molecular weight is 278 g/mol. The van der Waals surface area contributed by atoms with E-state index < -0.39 is 9.39 Å². The molecule has 0 fully saturated rings. The Balaban J connectivity index is 4.68. The summed E-state index contributed by atoms with van der Waals surface area (Å²) in [7, 11) is 0. The van der Waals surface area contributed by atoms with Crippen molar-refractivity contribution in [2.24, 2.45) is 0 Å². The van der Waals surface area contributed by atoms with Crippen molar-refractivity contribution in [3.8, 4) is 0 Å². The van der Waals surface area contributed by atoms with Crippen LogP contribution in [0.5, 0.6) is 0 Å². The summed E-state index contributed by atoms with van der Waals surface area (Å²) in [4.78, 5) is 5.85. The normalized spacial score (nSPS) is 14.4. The lowest BCUT2D eigenvalue weighted by atomic mass is 10.2. The zero-order valence-corrected chi connectivity index (χ0v) is 12.5. The Morgan fingerprint density at radius 1 is 0.933 bits per heavy atom. The first-order chi connectivity index (χ1) is 6.49. The molecule has 2 nitrogen and oxygen atoms in total. The van der Waals surface area contributed by atoms with Crippen LogP contribution in [-0.2, 0) is 4.84 Å². The van der Waals surface area contributed by atoms with Crippen molar-refractivity contribution in [1.29, 1.82) is 0 Å². The van der Waals surface area contributed by atoms with Crippen LogP contribution in [0, 0.1) is 0 Å². The number of quaternary nitrogens is 1. The number of hydrogen-bond donors (Lipinski definition) is 1. The zero-order valence-electron chi connectivity index (χ0n) is 10.2. The highest BCUT2D eigenvalue weighted by molar-refractivity contribution is 6.68. The van der Waals surface area contributed by atoms with Crippen LogP contribution in [0.25, 0.3) is 0 Å². The third-order valence-electron chi connectivity index (χ3n) is 2.19. The summed E-state index contributed by atoms with van der Waals surface area (Å²) in [6.07, 6.45) is 0. The SMILES string of the molecule is CC(C)[NH+](OC(C)(C)C(Cl)(Cl)Cl)C(C)C. The Kier molecular flexibility index (Phi) is 5.70. The molecule has 0 bridgehead atoms.